The van der Waals surface area contributed by atoms with Crippen molar-refractivity contribution in [3.8, 4) is 0 Å². The minimum Gasteiger partial charge on any atom is -0.353 e. The Hall–Kier alpha value is -2.15. The van der Waals surface area contributed by atoms with E-state index < -0.39 is 0 Å². The average Bonchev–Trinajstić information content (AvgIpc) is 3.01. The van der Waals surface area contributed by atoms with Crippen LogP contribution in [0.15, 0.2) is 42.5 Å². The number of fused-ring (bicyclic) bond motifs is 1. The molecular weight excluding hydrogens is 360 g/mol. The van der Waals surface area contributed by atoms with Crippen LogP contribution in [0.25, 0.3) is 11.0 Å². The van der Waals surface area contributed by atoms with Gasteiger partial charge in [0, 0.05) is 32.2 Å². The molecule has 4 rings (SSSR count). The minimum atomic E-state index is 0.418. The van der Waals surface area contributed by atoms with E-state index in [0.29, 0.717) is 17.7 Å². The SMILES string of the molecule is NCCN1CCC(Nc2nc3ccccc3n2Cc2cccc(Cl)n2)CC1. The molecule has 3 N–H and O–H groups in total. The lowest BCUT2D eigenvalue weighted by molar-refractivity contribution is 0.224. The van der Waals surface area contributed by atoms with E-state index in [1.807, 2.05) is 30.3 Å². The van der Waals surface area contributed by atoms with E-state index in [9.17, 15) is 0 Å². The van der Waals surface area contributed by atoms with E-state index in [0.717, 1.165) is 61.7 Å². The predicted molar refractivity (Wildman–Crippen MR) is 110 cm³/mol. The van der Waals surface area contributed by atoms with E-state index in [1.165, 1.54) is 0 Å². The van der Waals surface area contributed by atoms with Gasteiger partial charge in [0.05, 0.1) is 23.3 Å². The third-order valence-electron chi connectivity index (χ3n) is 5.11. The number of piperidine rings is 1. The van der Waals surface area contributed by atoms with E-state index >= 15 is 0 Å². The van der Waals surface area contributed by atoms with Crippen molar-refractivity contribution >= 4 is 28.6 Å². The molecule has 6 nitrogen and oxygen atoms in total. The van der Waals surface area contributed by atoms with Gasteiger partial charge in [-0.2, -0.15) is 0 Å². The molecule has 0 spiro atoms. The van der Waals surface area contributed by atoms with Gasteiger partial charge < -0.3 is 20.5 Å². The summed E-state index contributed by atoms with van der Waals surface area (Å²) >= 11 is 6.07. The number of imidazole rings is 1. The summed E-state index contributed by atoms with van der Waals surface area (Å²) in [5.74, 6) is 0.898. The van der Waals surface area contributed by atoms with Gasteiger partial charge in [-0.3, -0.25) is 0 Å². The molecule has 0 unspecified atom stereocenters. The zero-order chi connectivity index (χ0) is 18.6. The summed E-state index contributed by atoms with van der Waals surface area (Å²) in [6, 6.07) is 14.4. The van der Waals surface area contributed by atoms with Crippen molar-refractivity contribution in [3.63, 3.8) is 0 Å². The lowest BCUT2D eigenvalue weighted by atomic mass is 10.1. The van der Waals surface area contributed by atoms with Crippen molar-refractivity contribution in [2.75, 3.05) is 31.5 Å². The molecule has 3 heterocycles. The Morgan fingerprint density at radius 3 is 2.67 bits per heavy atom. The average molecular weight is 385 g/mol. The summed E-state index contributed by atoms with van der Waals surface area (Å²) in [5, 5.41) is 4.18. The maximum atomic E-state index is 6.07. The van der Waals surface area contributed by atoms with Crippen LogP contribution in [-0.2, 0) is 6.54 Å². The Kier molecular flexibility index (Phi) is 5.57. The van der Waals surface area contributed by atoms with Crippen LogP contribution in [0.2, 0.25) is 5.15 Å². The van der Waals surface area contributed by atoms with Crippen LogP contribution in [0.4, 0.5) is 5.95 Å². The molecular formula is C20H25ClN6. The fraction of sp³-hybridized carbons (Fsp3) is 0.400. The summed E-state index contributed by atoms with van der Waals surface area (Å²) < 4.78 is 2.19. The van der Waals surface area contributed by atoms with Gasteiger partial charge in [-0.25, -0.2) is 9.97 Å². The Balaban J connectivity index is 1.57. The molecule has 27 heavy (non-hydrogen) atoms. The third-order valence-corrected chi connectivity index (χ3v) is 5.32. The van der Waals surface area contributed by atoms with Gasteiger partial charge in [-0.1, -0.05) is 29.8 Å². The summed E-state index contributed by atoms with van der Waals surface area (Å²) in [6.45, 7) is 4.48. The monoisotopic (exact) mass is 384 g/mol. The molecule has 0 aliphatic carbocycles. The number of nitrogens with one attached hydrogen (secondary N) is 1. The number of nitrogens with zero attached hydrogens (tertiary/aromatic N) is 4. The first-order valence-corrected chi connectivity index (χ1v) is 9.86. The first-order valence-electron chi connectivity index (χ1n) is 9.48. The number of nitrogens with two attached hydrogens (primary N) is 1. The number of hydrogen-bond acceptors (Lipinski definition) is 5. The second-order valence-corrected chi connectivity index (χ2v) is 7.40. The molecule has 1 aliphatic rings. The largest absolute Gasteiger partial charge is 0.353 e. The molecule has 0 atom stereocenters. The quantitative estimate of drug-likeness (QED) is 0.639. The zero-order valence-electron chi connectivity index (χ0n) is 15.3. The van der Waals surface area contributed by atoms with Crippen LogP contribution >= 0.6 is 11.6 Å². The highest BCUT2D eigenvalue weighted by Gasteiger charge is 2.21. The van der Waals surface area contributed by atoms with Crippen LogP contribution in [0.1, 0.15) is 18.5 Å². The first kappa shape index (κ1) is 18.2. The lowest BCUT2D eigenvalue weighted by Gasteiger charge is -2.32. The molecule has 0 saturated carbocycles. The minimum absolute atomic E-state index is 0.418. The Morgan fingerprint density at radius 2 is 1.89 bits per heavy atom. The second kappa shape index (κ2) is 8.25. The zero-order valence-corrected chi connectivity index (χ0v) is 16.1. The van der Waals surface area contributed by atoms with E-state index in [2.05, 4.69) is 25.8 Å². The van der Waals surface area contributed by atoms with Gasteiger partial charge in [-0.05, 0) is 37.1 Å². The van der Waals surface area contributed by atoms with E-state index in [4.69, 9.17) is 22.3 Å². The van der Waals surface area contributed by atoms with Crippen LogP contribution in [0, 0.1) is 0 Å². The highest BCUT2D eigenvalue weighted by atomic mass is 35.5. The van der Waals surface area contributed by atoms with Crippen LogP contribution < -0.4 is 11.1 Å². The normalized spacial score (nSPS) is 16.1. The summed E-state index contributed by atoms with van der Waals surface area (Å²) in [7, 11) is 0. The van der Waals surface area contributed by atoms with Crippen molar-refractivity contribution in [2.45, 2.75) is 25.4 Å². The van der Waals surface area contributed by atoms with Gasteiger partial charge in [0.2, 0.25) is 5.95 Å². The number of pyridine rings is 1. The van der Waals surface area contributed by atoms with Crippen LogP contribution in [0.5, 0.6) is 0 Å². The number of hydrogen-bond donors (Lipinski definition) is 2. The summed E-state index contributed by atoms with van der Waals surface area (Å²) in [5.41, 5.74) is 8.69. The van der Waals surface area contributed by atoms with Gasteiger partial charge in [0.1, 0.15) is 5.15 Å². The number of likely N-dealkylation sites (tertiary alicyclic amines) is 1. The molecule has 0 radical (unpaired) electrons. The molecule has 7 heteroatoms. The second-order valence-electron chi connectivity index (χ2n) is 7.01. The maximum absolute atomic E-state index is 6.07. The Bertz CT molecular complexity index is 900. The highest BCUT2D eigenvalue weighted by Crippen LogP contribution is 2.23. The predicted octanol–water partition coefficient (Wildman–Crippen LogP) is 2.97. The lowest BCUT2D eigenvalue weighted by Crippen LogP contribution is -2.41. The number of anilines is 1. The fourth-order valence-corrected chi connectivity index (χ4v) is 3.89. The first-order chi connectivity index (χ1) is 13.2. The van der Waals surface area contributed by atoms with Crippen molar-refractivity contribution in [1.29, 1.82) is 0 Å². The van der Waals surface area contributed by atoms with Gasteiger partial charge in [0.15, 0.2) is 0 Å². The number of aromatic nitrogens is 3. The Morgan fingerprint density at radius 1 is 1.07 bits per heavy atom. The Labute approximate surface area is 164 Å². The van der Waals surface area contributed by atoms with Crippen LogP contribution in [-0.4, -0.2) is 51.7 Å². The standard InChI is InChI=1S/C20H25ClN6/c21-19-7-3-4-16(23-19)14-27-18-6-2-1-5-17(18)25-20(27)24-15-8-11-26(12-9-15)13-10-22/h1-7,15H,8-14,22H2,(H,24,25). The van der Waals surface area contributed by atoms with E-state index in [1.54, 1.807) is 6.07 Å². The maximum Gasteiger partial charge on any atom is 0.204 e. The van der Waals surface area contributed by atoms with Gasteiger partial charge in [0.25, 0.3) is 0 Å². The van der Waals surface area contributed by atoms with Crippen molar-refractivity contribution in [3.05, 3.63) is 53.3 Å². The summed E-state index contributed by atoms with van der Waals surface area (Å²) in [4.78, 5) is 11.7. The number of benzene rings is 1. The van der Waals surface area contributed by atoms with Gasteiger partial charge >= 0.3 is 0 Å². The van der Waals surface area contributed by atoms with Gasteiger partial charge in [-0.15, -0.1) is 0 Å². The molecule has 2 aromatic heterocycles. The molecule has 1 aromatic carbocycles. The number of halogens is 1. The molecule has 3 aromatic rings. The smallest absolute Gasteiger partial charge is 0.204 e. The van der Waals surface area contributed by atoms with E-state index in [-0.39, 0.29) is 0 Å². The topological polar surface area (TPSA) is 72.0 Å². The molecule has 0 bridgehead atoms. The van der Waals surface area contributed by atoms with Crippen molar-refractivity contribution < 1.29 is 0 Å². The molecule has 142 valence electrons. The highest BCUT2D eigenvalue weighted by molar-refractivity contribution is 6.29. The summed E-state index contributed by atoms with van der Waals surface area (Å²) in [6.07, 6.45) is 2.19. The molecule has 1 fully saturated rings. The van der Waals surface area contributed by atoms with Crippen LogP contribution in [0.3, 0.4) is 0 Å². The van der Waals surface area contributed by atoms with Crippen molar-refractivity contribution in [1.82, 2.24) is 19.4 Å². The molecule has 0 amide bonds. The molecule has 1 aliphatic heterocycles. The van der Waals surface area contributed by atoms with Crippen molar-refractivity contribution in [2.24, 2.45) is 5.73 Å². The fourth-order valence-electron chi connectivity index (χ4n) is 3.71. The molecule has 1 saturated heterocycles. The third kappa shape index (κ3) is 4.24. The number of rotatable bonds is 6. The number of para-hydroxylation sites is 2.